The zero-order valence-corrected chi connectivity index (χ0v) is 18.3. The summed E-state index contributed by atoms with van der Waals surface area (Å²) in [4.78, 5) is 40.4. The molecule has 0 aliphatic carbocycles. The summed E-state index contributed by atoms with van der Waals surface area (Å²) in [5.74, 6) is -1.60. The third-order valence-corrected chi connectivity index (χ3v) is 5.39. The smallest absolute Gasteiger partial charge is 0.413 e. The molecule has 31 heavy (non-hydrogen) atoms. The molecule has 0 saturated heterocycles. The predicted octanol–water partition coefficient (Wildman–Crippen LogP) is 5.29. The number of fused-ring (bicyclic) bond motifs is 1. The molecule has 0 saturated carbocycles. The Morgan fingerprint density at radius 3 is 2.48 bits per heavy atom. The fraction of sp³-hybridized carbons (Fsp3) is 0.143. The Bertz CT molecular complexity index is 1180. The first-order valence-corrected chi connectivity index (χ1v) is 10.1. The number of carbonyl (C=O) groups is 3. The standard InChI is InChI=1S/C21H15Cl3N2O5/c1-2-30-21(29)26-17(27)10-31-20(28)13-9-16(25-15-6-4-3-5-11(13)15)12-7-8-14(22)19(24)18(12)23/h3-9H,2,10H2,1H3,(H,26,27,29). The van der Waals surface area contributed by atoms with Gasteiger partial charge in [0.2, 0.25) is 0 Å². The number of carbonyl (C=O) groups excluding carboxylic acids is 3. The van der Waals surface area contributed by atoms with Crippen LogP contribution in [0.15, 0.2) is 42.5 Å². The van der Waals surface area contributed by atoms with Gasteiger partial charge in [-0.3, -0.25) is 10.1 Å². The normalized spacial score (nSPS) is 10.6. The average molecular weight is 482 g/mol. The van der Waals surface area contributed by atoms with E-state index in [2.05, 4.69) is 9.72 Å². The number of nitrogens with zero attached hydrogens (tertiary/aromatic N) is 1. The maximum atomic E-state index is 12.7. The minimum absolute atomic E-state index is 0.0992. The summed E-state index contributed by atoms with van der Waals surface area (Å²) in [6.45, 7) is 1.02. The number of halogens is 3. The molecule has 3 aromatic rings. The molecule has 0 spiro atoms. The van der Waals surface area contributed by atoms with Crippen LogP contribution in [0.25, 0.3) is 22.2 Å². The Balaban J connectivity index is 1.93. The van der Waals surface area contributed by atoms with E-state index in [1.54, 1.807) is 43.3 Å². The highest BCUT2D eigenvalue weighted by Gasteiger charge is 2.19. The summed E-state index contributed by atoms with van der Waals surface area (Å²) in [5.41, 5.74) is 1.50. The van der Waals surface area contributed by atoms with Gasteiger partial charge in [0, 0.05) is 10.9 Å². The molecule has 0 aliphatic heterocycles. The second-order valence-corrected chi connectivity index (χ2v) is 7.30. The van der Waals surface area contributed by atoms with Crippen molar-refractivity contribution in [1.29, 1.82) is 0 Å². The Hall–Kier alpha value is -2.87. The van der Waals surface area contributed by atoms with Crippen LogP contribution in [0.5, 0.6) is 0 Å². The van der Waals surface area contributed by atoms with Crippen LogP contribution in [0.4, 0.5) is 4.79 Å². The number of hydrogen-bond acceptors (Lipinski definition) is 6. The molecule has 1 heterocycles. The van der Waals surface area contributed by atoms with Crippen molar-refractivity contribution in [3.8, 4) is 11.3 Å². The van der Waals surface area contributed by atoms with Gasteiger partial charge in [-0.25, -0.2) is 14.6 Å². The molecule has 3 rings (SSSR count). The number of para-hydroxylation sites is 1. The lowest BCUT2D eigenvalue weighted by atomic mass is 10.0. The molecule has 2 amide bonds. The Kier molecular flexibility index (Phi) is 7.33. The van der Waals surface area contributed by atoms with Gasteiger partial charge < -0.3 is 9.47 Å². The van der Waals surface area contributed by atoms with Crippen LogP contribution in [0.3, 0.4) is 0 Å². The number of rotatable bonds is 5. The van der Waals surface area contributed by atoms with Crippen molar-refractivity contribution in [3.63, 3.8) is 0 Å². The minimum atomic E-state index is -0.922. The number of amides is 2. The van der Waals surface area contributed by atoms with Crippen LogP contribution >= 0.6 is 34.8 Å². The fourth-order valence-corrected chi connectivity index (χ4v) is 3.36. The van der Waals surface area contributed by atoms with Gasteiger partial charge in [-0.1, -0.05) is 53.0 Å². The topological polar surface area (TPSA) is 94.6 Å². The molecular weight excluding hydrogens is 467 g/mol. The van der Waals surface area contributed by atoms with Crippen molar-refractivity contribution in [1.82, 2.24) is 10.3 Å². The summed E-state index contributed by atoms with van der Waals surface area (Å²) >= 11 is 18.5. The van der Waals surface area contributed by atoms with Crippen molar-refractivity contribution in [2.24, 2.45) is 0 Å². The first-order chi connectivity index (χ1) is 14.8. The van der Waals surface area contributed by atoms with Crippen molar-refractivity contribution < 1.29 is 23.9 Å². The van der Waals surface area contributed by atoms with Crippen LogP contribution in [0, 0.1) is 0 Å². The molecule has 160 valence electrons. The maximum absolute atomic E-state index is 12.7. The Morgan fingerprint density at radius 1 is 1.00 bits per heavy atom. The molecular formula is C21H15Cl3N2O5. The molecule has 2 aromatic carbocycles. The number of alkyl carbamates (subject to hydrolysis) is 1. The van der Waals surface area contributed by atoms with Gasteiger partial charge in [-0.2, -0.15) is 0 Å². The number of esters is 1. The SMILES string of the molecule is CCOC(=O)NC(=O)COC(=O)c1cc(-c2ccc(Cl)c(Cl)c2Cl)nc2ccccc12. The Labute approximate surface area is 192 Å². The number of pyridine rings is 1. The second-order valence-electron chi connectivity index (χ2n) is 6.14. The molecule has 1 aromatic heterocycles. The number of aromatic nitrogens is 1. The quantitative estimate of drug-likeness (QED) is 0.393. The fourth-order valence-electron chi connectivity index (χ4n) is 2.73. The van der Waals surface area contributed by atoms with E-state index in [1.165, 1.54) is 6.07 Å². The van der Waals surface area contributed by atoms with E-state index in [4.69, 9.17) is 39.5 Å². The first-order valence-electron chi connectivity index (χ1n) is 8.99. The zero-order valence-electron chi connectivity index (χ0n) is 16.1. The van der Waals surface area contributed by atoms with Crippen LogP contribution in [-0.2, 0) is 14.3 Å². The molecule has 0 bridgehead atoms. The van der Waals surface area contributed by atoms with E-state index in [-0.39, 0.29) is 27.2 Å². The van der Waals surface area contributed by atoms with E-state index in [9.17, 15) is 14.4 Å². The highest BCUT2D eigenvalue weighted by molar-refractivity contribution is 6.49. The zero-order chi connectivity index (χ0) is 22.5. The lowest BCUT2D eigenvalue weighted by molar-refractivity contribution is -0.123. The molecule has 7 nitrogen and oxygen atoms in total. The van der Waals surface area contributed by atoms with Crippen LogP contribution in [0.1, 0.15) is 17.3 Å². The molecule has 10 heteroatoms. The first kappa shape index (κ1) is 22.8. The van der Waals surface area contributed by atoms with E-state index < -0.39 is 24.6 Å². The van der Waals surface area contributed by atoms with Gasteiger partial charge in [0.05, 0.1) is 38.4 Å². The average Bonchev–Trinajstić information content (AvgIpc) is 2.75. The monoisotopic (exact) mass is 480 g/mol. The minimum Gasteiger partial charge on any atom is -0.452 e. The van der Waals surface area contributed by atoms with Gasteiger partial charge in [0.15, 0.2) is 6.61 Å². The van der Waals surface area contributed by atoms with Gasteiger partial charge in [-0.05, 0) is 31.2 Å². The molecule has 0 unspecified atom stereocenters. The summed E-state index contributed by atoms with van der Waals surface area (Å²) < 4.78 is 9.68. The molecule has 0 atom stereocenters. The third-order valence-electron chi connectivity index (χ3n) is 4.10. The number of hydrogen-bond donors (Lipinski definition) is 1. The number of imide groups is 1. The summed E-state index contributed by atoms with van der Waals surface area (Å²) in [7, 11) is 0. The lowest BCUT2D eigenvalue weighted by Crippen LogP contribution is -2.34. The van der Waals surface area contributed by atoms with Gasteiger partial charge >= 0.3 is 12.1 Å². The number of ether oxygens (including phenoxy) is 2. The van der Waals surface area contributed by atoms with E-state index in [1.807, 2.05) is 5.32 Å². The van der Waals surface area contributed by atoms with E-state index in [0.29, 0.717) is 22.2 Å². The molecule has 0 radical (unpaired) electrons. The van der Waals surface area contributed by atoms with Gasteiger partial charge in [0.25, 0.3) is 5.91 Å². The predicted molar refractivity (Wildman–Crippen MR) is 118 cm³/mol. The van der Waals surface area contributed by atoms with Crippen LogP contribution in [0.2, 0.25) is 15.1 Å². The van der Waals surface area contributed by atoms with Gasteiger partial charge in [0.1, 0.15) is 0 Å². The Morgan fingerprint density at radius 2 is 1.74 bits per heavy atom. The molecule has 1 N–H and O–H groups in total. The second kappa shape index (κ2) is 9.96. The summed E-state index contributed by atoms with van der Waals surface area (Å²) in [5, 5.41) is 3.09. The molecule has 0 aliphatic rings. The maximum Gasteiger partial charge on any atom is 0.413 e. The van der Waals surface area contributed by atoms with Crippen molar-refractivity contribution in [3.05, 3.63) is 63.1 Å². The van der Waals surface area contributed by atoms with E-state index >= 15 is 0 Å². The number of nitrogens with one attached hydrogen (secondary N) is 1. The van der Waals surface area contributed by atoms with Crippen molar-refractivity contribution in [2.45, 2.75) is 6.92 Å². The van der Waals surface area contributed by atoms with E-state index in [0.717, 1.165) is 0 Å². The highest BCUT2D eigenvalue weighted by atomic mass is 35.5. The third kappa shape index (κ3) is 5.25. The number of benzene rings is 2. The van der Waals surface area contributed by atoms with Crippen molar-refractivity contribution >= 4 is 63.7 Å². The van der Waals surface area contributed by atoms with Crippen LogP contribution in [-0.4, -0.2) is 36.2 Å². The van der Waals surface area contributed by atoms with Gasteiger partial charge in [-0.15, -0.1) is 0 Å². The highest BCUT2D eigenvalue weighted by Crippen LogP contribution is 2.38. The summed E-state index contributed by atoms with van der Waals surface area (Å²) in [6, 6.07) is 11.6. The lowest BCUT2D eigenvalue weighted by Gasteiger charge is -2.12. The largest absolute Gasteiger partial charge is 0.452 e. The van der Waals surface area contributed by atoms with Crippen molar-refractivity contribution in [2.75, 3.05) is 13.2 Å². The summed E-state index contributed by atoms with van der Waals surface area (Å²) in [6.07, 6.45) is -0.922. The molecule has 0 fully saturated rings. The van der Waals surface area contributed by atoms with Crippen LogP contribution < -0.4 is 5.32 Å².